The first kappa shape index (κ1) is 29.2. The van der Waals surface area contributed by atoms with Crippen molar-refractivity contribution in [3.8, 4) is 17.2 Å². The van der Waals surface area contributed by atoms with E-state index < -0.39 is 23.8 Å². The summed E-state index contributed by atoms with van der Waals surface area (Å²) in [5, 5.41) is 1.91. The van der Waals surface area contributed by atoms with E-state index in [-0.39, 0.29) is 5.75 Å². The van der Waals surface area contributed by atoms with Crippen LogP contribution in [0.2, 0.25) is 0 Å². The highest BCUT2D eigenvalue weighted by Gasteiger charge is 2.49. The van der Waals surface area contributed by atoms with Crippen molar-refractivity contribution in [2.24, 2.45) is 0 Å². The molecule has 1 atom stereocenters. The summed E-state index contributed by atoms with van der Waals surface area (Å²) in [4.78, 5) is 30.9. The molecule has 2 aliphatic rings. The third-order valence-electron chi connectivity index (χ3n) is 8.60. The van der Waals surface area contributed by atoms with Crippen molar-refractivity contribution < 1.29 is 28.5 Å². The molecule has 5 aromatic carbocycles. The predicted octanol–water partition coefficient (Wildman–Crippen LogP) is 7.51. The molecule has 1 spiro atoms. The Morgan fingerprint density at radius 3 is 1.80 bits per heavy atom. The van der Waals surface area contributed by atoms with Crippen LogP contribution in [0.5, 0.6) is 17.2 Å². The Kier molecular flexibility index (Phi) is 7.28. The molecule has 0 amide bonds. The van der Waals surface area contributed by atoms with Crippen molar-refractivity contribution >= 4 is 34.1 Å². The standard InChI is InChI=1S/C38H34N2O6/c1-39(2)27-18-14-25(15-19-27)36(41)43-30-11-7-10-29-35(30)31(44-37(42)26-16-20-28(21-17-26)40(3)4)22-23-38(29)45-32-12-5-8-24-9-6-13-33(46-38)34(24)32/h5-21,31H,22-23H2,1-4H3/t31-/m0/s1. The first-order valence-corrected chi connectivity index (χ1v) is 15.2. The lowest BCUT2D eigenvalue weighted by atomic mass is 9.83. The summed E-state index contributed by atoms with van der Waals surface area (Å²) in [6.07, 6.45) is 0.0478. The molecule has 7 rings (SSSR count). The van der Waals surface area contributed by atoms with E-state index in [2.05, 4.69) is 0 Å². The molecule has 0 N–H and O–H groups in total. The van der Waals surface area contributed by atoms with Crippen LogP contribution >= 0.6 is 0 Å². The van der Waals surface area contributed by atoms with Crippen LogP contribution in [0, 0.1) is 0 Å². The zero-order valence-corrected chi connectivity index (χ0v) is 26.2. The third-order valence-corrected chi connectivity index (χ3v) is 8.60. The highest BCUT2D eigenvalue weighted by Crippen LogP contribution is 2.53. The Balaban J connectivity index is 1.27. The van der Waals surface area contributed by atoms with Gasteiger partial charge in [-0.1, -0.05) is 36.4 Å². The van der Waals surface area contributed by atoms with Gasteiger partial charge in [0.25, 0.3) is 5.79 Å². The zero-order valence-electron chi connectivity index (χ0n) is 26.2. The van der Waals surface area contributed by atoms with Crippen LogP contribution < -0.4 is 24.0 Å². The van der Waals surface area contributed by atoms with Crippen molar-refractivity contribution in [2.45, 2.75) is 24.7 Å². The quantitative estimate of drug-likeness (QED) is 0.144. The Bertz CT molecular complexity index is 1910. The molecule has 1 heterocycles. The number of benzene rings is 5. The molecule has 232 valence electrons. The van der Waals surface area contributed by atoms with Gasteiger partial charge in [0, 0.05) is 57.1 Å². The number of hydrogen-bond acceptors (Lipinski definition) is 8. The van der Waals surface area contributed by atoms with Gasteiger partial charge in [-0.05, 0) is 78.5 Å². The SMILES string of the molecule is CN(C)c1ccc(C(=O)Oc2cccc3c2[C@@H](OC(=O)c2ccc(N(C)C)cc2)CCC32Oc3cccc4cccc(c34)O2)cc1. The monoisotopic (exact) mass is 614 g/mol. The number of rotatable bonds is 6. The highest BCUT2D eigenvalue weighted by molar-refractivity contribution is 5.95. The van der Waals surface area contributed by atoms with E-state index in [4.69, 9.17) is 18.9 Å². The molecule has 0 saturated heterocycles. The van der Waals surface area contributed by atoms with Gasteiger partial charge < -0.3 is 28.7 Å². The fourth-order valence-corrected chi connectivity index (χ4v) is 6.19. The molecule has 0 fully saturated rings. The second-order valence-corrected chi connectivity index (χ2v) is 12.0. The summed E-state index contributed by atoms with van der Waals surface area (Å²) in [5.74, 6) is -0.538. The summed E-state index contributed by atoms with van der Waals surface area (Å²) < 4.78 is 25.6. The van der Waals surface area contributed by atoms with Crippen LogP contribution in [0.3, 0.4) is 0 Å². The Labute approximate surface area is 267 Å². The third kappa shape index (κ3) is 5.15. The molecule has 0 radical (unpaired) electrons. The van der Waals surface area contributed by atoms with Crippen molar-refractivity contribution in [1.82, 2.24) is 0 Å². The summed E-state index contributed by atoms with van der Waals surface area (Å²) >= 11 is 0. The Morgan fingerprint density at radius 1 is 0.696 bits per heavy atom. The lowest BCUT2D eigenvalue weighted by Crippen LogP contribution is -2.45. The van der Waals surface area contributed by atoms with E-state index in [1.165, 1.54) is 0 Å². The maximum Gasteiger partial charge on any atom is 0.343 e. The molecule has 1 aliphatic carbocycles. The van der Waals surface area contributed by atoms with Crippen molar-refractivity contribution in [3.63, 3.8) is 0 Å². The van der Waals surface area contributed by atoms with E-state index in [0.717, 1.165) is 22.1 Å². The van der Waals surface area contributed by atoms with Gasteiger partial charge in [-0.15, -0.1) is 0 Å². The second kappa shape index (κ2) is 11.5. The molecular formula is C38H34N2O6. The van der Waals surface area contributed by atoms with Gasteiger partial charge in [-0.3, -0.25) is 0 Å². The molecule has 0 bridgehead atoms. The minimum Gasteiger partial charge on any atom is -0.454 e. The van der Waals surface area contributed by atoms with Gasteiger partial charge in [0.2, 0.25) is 0 Å². The van der Waals surface area contributed by atoms with Crippen molar-refractivity contribution in [1.29, 1.82) is 0 Å². The smallest absolute Gasteiger partial charge is 0.343 e. The summed E-state index contributed by atoms with van der Waals surface area (Å²) in [6, 6.07) is 31.6. The van der Waals surface area contributed by atoms with Crippen molar-refractivity contribution in [3.05, 3.63) is 125 Å². The average molecular weight is 615 g/mol. The lowest BCUT2D eigenvalue weighted by molar-refractivity contribution is -0.147. The topological polar surface area (TPSA) is 77.5 Å². The van der Waals surface area contributed by atoms with Crippen LogP contribution in [0.25, 0.3) is 10.8 Å². The Morgan fingerprint density at radius 2 is 1.24 bits per heavy atom. The number of fused-ring (bicyclic) bond motifs is 2. The lowest BCUT2D eigenvalue weighted by Gasteiger charge is -2.44. The summed E-state index contributed by atoms with van der Waals surface area (Å²) in [7, 11) is 7.75. The van der Waals surface area contributed by atoms with Crippen molar-refractivity contribution in [2.75, 3.05) is 38.0 Å². The van der Waals surface area contributed by atoms with Gasteiger partial charge in [-0.2, -0.15) is 0 Å². The molecule has 1 aliphatic heterocycles. The minimum absolute atomic E-state index is 0.281. The molecule has 8 heteroatoms. The van der Waals surface area contributed by atoms with Crippen LogP contribution in [0.1, 0.15) is 50.8 Å². The molecule has 5 aromatic rings. The van der Waals surface area contributed by atoms with Gasteiger partial charge in [0.15, 0.2) is 0 Å². The number of nitrogens with zero attached hydrogens (tertiary/aromatic N) is 2. The molecular weight excluding hydrogens is 580 g/mol. The fourth-order valence-electron chi connectivity index (χ4n) is 6.19. The van der Waals surface area contributed by atoms with E-state index in [9.17, 15) is 9.59 Å². The largest absolute Gasteiger partial charge is 0.454 e. The van der Waals surface area contributed by atoms with E-state index >= 15 is 0 Å². The highest BCUT2D eigenvalue weighted by atomic mass is 16.7. The van der Waals surface area contributed by atoms with Crippen LogP contribution in [0.15, 0.2) is 103 Å². The van der Waals surface area contributed by atoms with Crippen LogP contribution in [0.4, 0.5) is 11.4 Å². The number of carbonyl (C=O) groups is 2. The van der Waals surface area contributed by atoms with E-state index in [1.54, 1.807) is 36.4 Å². The number of carbonyl (C=O) groups excluding carboxylic acids is 2. The van der Waals surface area contributed by atoms with Crippen LogP contribution in [-0.2, 0) is 10.5 Å². The van der Waals surface area contributed by atoms with Gasteiger partial charge >= 0.3 is 11.9 Å². The van der Waals surface area contributed by atoms with E-state index in [1.807, 2.05) is 105 Å². The maximum atomic E-state index is 13.5. The summed E-state index contributed by atoms with van der Waals surface area (Å²) in [6.45, 7) is 0. The normalized spacial score (nSPS) is 15.7. The minimum atomic E-state index is -1.22. The summed E-state index contributed by atoms with van der Waals surface area (Å²) in [5.41, 5.74) is 3.93. The van der Waals surface area contributed by atoms with Crippen LogP contribution in [-0.4, -0.2) is 40.1 Å². The maximum absolute atomic E-state index is 13.5. The molecule has 0 unspecified atom stereocenters. The number of hydrogen-bond donors (Lipinski definition) is 0. The number of esters is 2. The predicted molar refractivity (Wildman–Crippen MR) is 177 cm³/mol. The first-order chi connectivity index (χ1) is 22.2. The molecule has 46 heavy (non-hydrogen) atoms. The fraction of sp³-hybridized carbons (Fsp3) is 0.211. The van der Waals surface area contributed by atoms with Gasteiger partial charge in [0.05, 0.1) is 16.5 Å². The second-order valence-electron chi connectivity index (χ2n) is 12.0. The average Bonchev–Trinajstić information content (AvgIpc) is 3.06. The molecule has 8 nitrogen and oxygen atoms in total. The number of anilines is 2. The number of ether oxygens (including phenoxy) is 4. The molecule has 0 aromatic heterocycles. The molecule has 0 saturated carbocycles. The Hall–Kier alpha value is -5.50. The van der Waals surface area contributed by atoms with Gasteiger partial charge in [0.1, 0.15) is 23.4 Å². The zero-order chi connectivity index (χ0) is 32.0. The van der Waals surface area contributed by atoms with E-state index in [0.29, 0.717) is 46.6 Å². The first-order valence-electron chi connectivity index (χ1n) is 15.2. The van der Waals surface area contributed by atoms with Gasteiger partial charge in [-0.25, -0.2) is 9.59 Å².